The lowest BCUT2D eigenvalue weighted by atomic mass is 10.2. The van der Waals surface area contributed by atoms with E-state index < -0.39 is 5.91 Å². The number of amides is 1. The van der Waals surface area contributed by atoms with Crippen LogP contribution in [0.2, 0.25) is 0 Å². The molecule has 0 bridgehead atoms. The van der Waals surface area contributed by atoms with Crippen molar-refractivity contribution in [2.75, 3.05) is 0 Å². The highest BCUT2D eigenvalue weighted by molar-refractivity contribution is 6.35. The normalized spacial score (nSPS) is 9.50. The van der Waals surface area contributed by atoms with Crippen molar-refractivity contribution in [3.63, 3.8) is 0 Å². The van der Waals surface area contributed by atoms with Crippen LogP contribution in [0.1, 0.15) is 18.9 Å². The van der Waals surface area contributed by atoms with E-state index in [-0.39, 0.29) is 12.2 Å². The second-order valence-corrected chi connectivity index (χ2v) is 2.81. The Morgan fingerprint density at radius 2 is 2.00 bits per heavy atom. The maximum Gasteiger partial charge on any atom is 0.287 e. The Labute approximate surface area is 82.3 Å². The Hall–Kier alpha value is -1.71. The maximum absolute atomic E-state index is 11.1. The van der Waals surface area contributed by atoms with Gasteiger partial charge < -0.3 is 5.32 Å². The molecular formula is C10H12N2O2. The van der Waals surface area contributed by atoms with Gasteiger partial charge in [0.05, 0.1) is 0 Å². The van der Waals surface area contributed by atoms with E-state index in [1.54, 1.807) is 31.5 Å². The standard InChI is InChI=1S/C10H12N2O2/c1-2-9(13)10(14)12-7-8-3-5-11-6-4-8/h3-6H,2,7H2,1H3,(H,12,14). The summed E-state index contributed by atoms with van der Waals surface area (Å²) in [5, 5.41) is 2.53. The Morgan fingerprint density at radius 3 is 2.57 bits per heavy atom. The van der Waals surface area contributed by atoms with E-state index in [1.165, 1.54) is 0 Å². The van der Waals surface area contributed by atoms with E-state index in [0.29, 0.717) is 6.54 Å². The lowest BCUT2D eigenvalue weighted by Gasteiger charge is -2.02. The molecule has 0 atom stereocenters. The van der Waals surface area contributed by atoms with Gasteiger partial charge in [0.2, 0.25) is 5.78 Å². The lowest BCUT2D eigenvalue weighted by Crippen LogP contribution is -2.29. The van der Waals surface area contributed by atoms with Crippen LogP contribution in [0.3, 0.4) is 0 Å². The van der Waals surface area contributed by atoms with Crippen molar-refractivity contribution >= 4 is 11.7 Å². The van der Waals surface area contributed by atoms with Crippen molar-refractivity contribution in [2.24, 2.45) is 0 Å². The average Bonchev–Trinajstić information content (AvgIpc) is 2.26. The van der Waals surface area contributed by atoms with Gasteiger partial charge in [-0.15, -0.1) is 0 Å². The highest BCUT2D eigenvalue weighted by Gasteiger charge is 2.09. The molecule has 0 saturated heterocycles. The number of nitrogens with one attached hydrogen (secondary N) is 1. The van der Waals surface area contributed by atoms with Crippen LogP contribution in [-0.2, 0) is 16.1 Å². The predicted molar refractivity (Wildman–Crippen MR) is 51.4 cm³/mol. The molecule has 4 nitrogen and oxygen atoms in total. The monoisotopic (exact) mass is 192 g/mol. The topological polar surface area (TPSA) is 59.1 Å². The van der Waals surface area contributed by atoms with Crippen molar-refractivity contribution in [3.8, 4) is 0 Å². The Kier molecular flexibility index (Phi) is 3.79. The van der Waals surface area contributed by atoms with Crippen LogP contribution >= 0.6 is 0 Å². The predicted octanol–water partition coefficient (Wildman–Crippen LogP) is 0.677. The molecule has 4 heteroatoms. The number of aromatic nitrogens is 1. The van der Waals surface area contributed by atoms with Crippen LogP contribution < -0.4 is 5.32 Å². The molecule has 1 heterocycles. The third kappa shape index (κ3) is 2.97. The molecule has 0 fully saturated rings. The summed E-state index contributed by atoms with van der Waals surface area (Å²) in [5.74, 6) is -0.914. The molecule has 0 spiro atoms. The smallest absolute Gasteiger partial charge is 0.287 e. The van der Waals surface area contributed by atoms with E-state index in [1.807, 2.05) is 0 Å². The molecule has 1 aromatic heterocycles. The van der Waals surface area contributed by atoms with Gasteiger partial charge in [-0.1, -0.05) is 6.92 Å². The minimum Gasteiger partial charge on any atom is -0.345 e. The number of carbonyl (C=O) groups excluding carboxylic acids is 2. The van der Waals surface area contributed by atoms with Gasteiger partial charge in [0, 0.05) is 25.4 Å². The van der Waals surface area contributed by atoms with Gasteiger partial charge in [0.25, 0.3) is 5.91 Å². The van der Waals surface area contributed by atoms with E-state index in [2.05, 4.69) is 10.3 Å². The van der Waals surface area contributed by atoms with Gasteiger partial charge in [0.15, 0.2) is 0 Å². The van der Waals surface area contributed by atoms with Crippen molar-refractivity contribution in [1.29, 1.82) is 0 Å². The summed E-state index contributed by atoms with van der Waals surface area (Å²) >= 11 is 0. The first-order valence-corrected chi connectivity index (χ1v) is 4.44. The van der Waals surface area contributed by atoms with Gasteiger partial charge in [0.1, 0.15) is 0 Å². The largest absolute Gasteiger partial charge is 0.345 e. The van der Waals surface area contributed by atoms with Crippen molar-refractivity contribution in [1.82, 2.24) is 10.3 Å². The summed E-state index contributed by atoms with van der Waals surface area (Å²) in [6.07, 6.45) is 3.52. The molecule has 0 aliphatic carbocycles. The zero-order valence-corrected chi connectivity index (χ0v) is 7.99. The summed E-state index contributed by atoms with van der Waals surface area (Å²) in [6, 6.07) is 3.58. The Bertz CT molecular complexity index is 322. The van der Waals surface area contributed by atoms with Crippen LogP contribution in [0, 0.1) is 0 Å². The minimum atomic E-state index is -0.524. The SMILES string of the molecule is CCC(=O)C(=O)NCc1ccncc1. The first-order valence-electron chi connectivity index (χ1n) is 4.44. The molecule has 0 saturated carbocycles. The van der Waals surface area contributed by atoms with Gasteiger partial charge in [-0.05, 0) is 17.7 Å². The number of pyridine rings is 1. The molecule has 1 N–H and O–H groups in total. The molecule has 0 unspecified atom stereocenters. The Balaban J connectivity index is 2.42. The summed E-state index contributed by atoms with van der Waals surface area (Å²) in [5.41, 5.74) is 0.928. The number of hydrogen-bond acceptors (Lipinski definition) is 3. The second-order valence-electron chi connectivity index (χ2n) is 2.81. The van der Waals surface area contributed by atoms with Crippen LogP contribution in [0.25, 0.3) is 0 Å². The van der Waals surface area contributed by atoms with Crippen molar-refractivity contribution in [3.05, 3.63) is 30.1 Å². The highest BCUT2D eigenvalue weighted by Crippen LogP contribution is 1.94. The van der Waals surface area contributed by atoms with Gasteiger partial charge in [-0.25, -0.2) is 0 Å². The van der Waals surface area contributed by atoms with Crippen LogP contribution in [-0.4, -0.2) is 16.7 Å². The fraction of sp³-hybridized carbons (Fsp3) is 0.300. The molecule has 0 aromatic carbocycles. The highest BCUT2D eigenvalue weighted by atomic mass is 16.2. The van der Waals surface area contributed by atoms with Crippen LogP contribution in [0.4, 0.5) is 0 Å². The molecular weight excluding hydrogens is 180 g/mol. The van der Waals surface area contributed by atoms with E-state index in [0.717, 1.165) is 5.56 Å². The molecule has 1 amide bonds. The first kappa shape index (κ1) is 10.4. The zero-order chi connectivity index (χ0) is 10.4. The molecule has 0 aliphatic heterocycles. The zero-order valence-electron chi connectivity index (χ0n) is 7.99. The first-order chi connectivity index (χ1) is 6.74. The fourth-order valence-corrected chi connectivity index (χ4v) is 0.942. The summed E-state index contributed by atoms with van der Waals surface area (Å²) in [6.45, 7) is 2.03. The summed E-state index contributed by atoms with van der Waals surface area (Å²) in [7, 11) is 0. The third-order valence-corrected chi connectivity index (χ3v) is 1.78. The molecule has 14 heavy (non-hydrogen) atoms. The number of Topliss-reactive ketones (excluding diaryl/α,β-unsaturated/α-hetero) is 1. The summed E-state index contributed by atoms with van der Waals surface area (Å²) in [4.78, 5) is 25.8. The van der Waals surface area contributed by atoms with Gasteiger partial charge in [-0.2, -0.15) is 0 Å². The average molecular weight is 192 g/mol. The maximum atomic E-state index is 11.1. The van der Waals surface area contributed by atoms with Crippen molar-refractivity contribution in [2.45, 2.75) is 19.9 Å². The minimum absolute atomic E-state index is 0.238. The van der Waals surface area contributed by atoms with Gasteiger partial charge >= 0.3 is 0 Å². The summed E-state index contributed by atoms with van der Waals surface area (Å²) < 4.78 is 0. The van der Waals surface area contributed by atoms with Crippen LogP contribution in [0.15, 0.2) is 24.5 Å². The number of nitrogens with zero attached hydrogens (tertiary/aromatic N) is 1. The van der Waals surface area contributed by atoms with Gasteiger partial charge in [-0.3, -0.25) is 14.6 Å². The fourth-order valence-electron chi connectivity index (χ4n) is 0.942. The molecule has 0 aliphatic rings. The number of rotatable bonds is 4. The number of carbonyl (C=O) groups is 2. The van der Waals surface area contributed by atoms with E-state index in [4.69, 9.17) is 0 Å². The van der Waals surface area contributed by atoms with E-state index in [9.17, 15) is 9.59 Å². The van der Waals surface area contributed by atoms with Crippen LogP contribution in [0.5, 0.6) is 0 Å². The number of hydrogen-bond donors (Lipinski definition) is 1. The molecule has 74 valence electrons. The quantitative estimate of drug-likeness (QED) is 0.713. The Morgan fingerprint density at radius 1 is 1.36 bits per heavy atom. The molecule has 1 rings (SSSR count). The van der Waals surface area contributed by atoms with Crippen molar-refractivity contribution < 1.29 is 9.59 Å². The van der Waals surface area contributed by atoms with E-state index >= 15 is 0 Å². The third-order valence-electron chi connectivity index (χ3n) is 1.78. The lowest BCUT2D eigenvalue weighted by molar-refractivity contribution is -0.137. The molecule has 1 aromatic rings. The number of ketones is 1. The second kappa shape index (κ2) is 5.11. The molecule has 0 radical (unpaired) electrons.